The van der Waals surface area contributed by atoms with Crippen molar-refractivity contribution in [2.75, 3.05) is 12.4 Å². The lowest BCUT2D eigenvalue weighted by Gasteiger charge is -2.14. The average molecular weight is 350 g/mol. The zero-order valence-corrected chi connectivity index (χ0v) is 15.2. The summed E-state index contributed by atoms with van der Waals surface area (Å²) >= 11 is 0. The molecule has 26 heavy (non-hydrogen) atoms. The summed E-state index contributed by atoms with van der Waals surface area (Å²) in [5.74, 6) is 0.504. The van der Waals surface area contributed by atoms with E-state index >= 15 is 0 Å². The van der Waals surface area contributed by atoms with E-state index in [9.17, 15) is 4.79 Å². The van der Waals surface area contributed by atoms with Gasteiger partial charge in [-0.3, -0.25) is 4.79 Å². The smallest absolute Gasteiger partial charge is 0.256 e. The fraction of sp³-hybridized carbons (Fsp3) is 0.350. The Labute approximate surface area is 152 Å². The second-order valence-corrected chi connectivity index (χ2v) is 6.84. The van der Waals surface area contributed by atoms with Crippen molar-refractivity contribution >= 4 is 22.6 Å². The van der Waals surface area contributed by atoms with Crippen LogP contribution in [0.15, 0.2) is 30.5 Å². The highest BCUT2D eigenvalue weighted by molar-refractivity contribution is 6.13. The van der Waals surface area contributed by atoms with Crippen LogP contribution in [0.5, 0.6) is 5.75 Å². The predicted octanol–water partition coefficient (Wildman–Crippen LogP) is 3.76. The van der Waals surface area contributed by atoms with Gasteiger partial charge in [-0.2, -0.15) is 5.10 Å². The maximum atomic E-state index is 13.2. The molecule has 2 heterocycles. The molecule has 0 atom stereocenters. The van der Waals surface area contributed by atoms with Crippen molar-refractivity contribution in [1.29, 1.82) is 0 Å². The van der Waals surface area contributed by atoms with Crippen LogP contribution < -0.4 is 10.1 Å². The van der Waals surface area contributed by atoms with Gasteiger partial charge in [-0.15, -0.1) is 0 Å². The van der Waals surface area contributed by atoms with Gasteiger partial charge in [0.1, 0.15) is 5.75 Å². The maximum Gasteiger partial charge on any atom is 0.256 e. The quantitative estimate of drug-likeness (QED) is 0.778. The number of hydrogen-bond acceptors (Lipinski definition) is 4. The Kier molecular flexibility index (Phi) is 4.11. The molecule has 0 aliphatic heterocycles. The number of pyridine rings is 1. The maximum absolute atomic E-state index is 13.2. The SMILES string of the molecule is COc1ccccc1NC(=O)c1c2c(nc3c1cnn3C(C)C)CCC2. The van der Waals surface area contributed by atoms with Gasteiger partial charge in [0.2, 0.25) is 0 Å². The summed E-state index contributed by atoms with van der Waals surface area (Å²) in [6.07, 6.45) is 4.57. The number of hydrogen-bond donors (Lipinski definition) is 1. The number of amides is 1. The number of aryl methyl sites for hydroxylation is 1. The lowest BCUT2D eigenvalue weighted by atomic mass is 10.0. The van der Waals surface area contributed by atoms with Crippen molar-refractivity contribution in [3.8, 4) is 5.75 Å². The van der Waals surface area contributed by atoms with Crippen molar-refractivity contribution in [1.82, 2.24) is 14.8 Å². The van der Waals surface area contributed by atoms with Gasteiger partial charge in [-0.25, -0.2) is 9.67 Å². The highest BCUT2D eigenvalue weighted by atomic mass is 16.5. The third-order valence-electron chi connectivity index (χ3n) is 4.84. The van der Waals surface area contributed by atoms with Crippen molar-refractivity contribution in [2.45, 2.75) is 39.2 Å². The zero-order valence-electron chi connectivity index (χ0n) is 15.2. The molecule has 4 rings (SSSR count). The number of para-hydroxylation sites is 2. The Morgan fingerprint density at radius 2 is 2.08 bits per heavy atom. The molecule has 1 N–H and O–H groups in total. The highest BCUT2D eigenvalue weighted by Crippen LogP contribution is 2.32. The molecular formula is C20H22N4O2. The van der Waals surface area contributed by atoms with Crippen molar-refractivity contribution in [2.24, 2.45) is 0 Å². The van der Waals surface area contributed by atoms with Crippen LogP contribution in [0, 0.1) is 0 Å². The van der Waals surface area contributed by atoms with E-state index in [0.717, 1.165) is 41.6 Å². The number of methoxy groups -OCH3 is 1. The molecule has 0 spiro atoms. The first-order valence-electron chi connectivity index (χ1n) is 8.93. The minimum atomic E-state index is -0.136. The number of nitrogens with one attached hydrogen (secondary N) is 1. The average Bonchev–Trinajstić information content (AvgIpc) is 3.26. The molecule has 1 amide bonds. The first-order valence-corrected chi connectivity index (χ1v) is 8.93. The molecule has 0 saturated carbocycles. The largest absolute Gasteiger partial charge is 0.495 e. The second-order valence-electron chi connectivity index (χ2n) is 6.84. The molecule has 0 saturated heterocycles. The Morgan fingerprint density at radius 1 is 1.27 bits per heavy atom. The van der Waals surface area contributed by atoms with Crippen molar-refractivity contribution < 1.29 is 9.53 Å². The van der Waals surface area contributed by atoms with E-state index < -0.39 is 0 Å². The van der Waals surface area contributed by atoms with Gasteiger partial charge < -0.3 is 10.1 Å². The number of fused-ring (bicyclic) bond motifs is 2. The first-order chi connectivity index (χ1) is 12.6. The predicted molar refractivity (Wildman–Crippen MR) is 101 cm³/mol. The molecule has 1 aliphatic rings. The fourth-order valence-corrected chi connectivity index (χ4v) is 3.62. The zero-order chi connectivity index (χ0) is 18.3. The molecule has 3 aromatic rings. The van der Waals surface area contributed by atoms with Gasteiger partial charge in [0.05, 0.1) is 29.9 Å². The van der Waals surface area contributed by atoms with E-state index in [0.29, 0.717) is 17.0 Å². The van der Waals surface area contributed by atoms with Crippen LogP contribution in [0.4, 0.5) is 5.69 Å². The molecule has 0 radical (unpaired) electrons. The molecule has 0 bridgehead atoms. The van der Waals surface area contributed by atoms with E-state index in [1.807, 2.05) is 28.9 Å². The minimum Gasteiger partial charge on any atom is -0.495 e. The number of rotatable bonds is 4. The van der Waals surface area contributed by atoms with Crippen molar-refractivity contribution in [3.05, 3.63) is 47.3 Å². The standard InChI is InChI=1S/C20H22N4O2/c1-12(2)24-19-14(11-21-24)18(13-7-6-9-15(13)22-19)20(25)23-16-8-4-5-10-17(16)26-3/h4-5,8,10-12H,6-7,9H2,1-3H3,(H,23,25). The van der Waals surface area contributed by atoms with Crippen LogP contribution in [0.25, 0.3) is 11.0 Å². The minimum absolute atomic E-state index is 0.136. The van der Waals surface area contributed by atoms with E-state index in [1.165, 1.54) is 0 Å². The summed E-state index contributed by atoms with van der Waals surface area (Å²) in [4.78, 5) is 18.0. The third kappa shape index (κ3) is 2.62. The number of carbonyl (C=O) groups excluding carboxylic acids is 1. The molecule has 6 nitrogen and oxygen atoms in total. The number of nitrogens with zero attached hydrogens (tertiary/aromatic N) is 3. The van der Waals surface area contributed by atoms with Crippen LogP contribution >= 0.6 is 0 Å². The van der Waals surface area contributed by atoms with Crippen LogP contribution in [0.2, 0.25) is 0 Å². The van der Waals surface area contributed by atoms with Gasteiger partial charge in [0, 0.05) is 11.7 Å². The molecule has 0 fully saturated rings. The normalized spacial score (nSPS) is 13.2. The summed E-state index contributed by atoms with van der Waals surface area (Å²) in [5.41, 5.74) is 4.21. The number of carbonyl (C=O) groups is 1. The Hall–Kier alpha value is -2.89. The van der Waals surface area contributed by atoms with E-state index in [1.54, 1.807) is 13.3 Å². The number of anilines is 1. The van der Waals surface area contributed by atoms with Gasteiger partial charge in [-0.05, 0) is 50.8 Å². The number of ether oxygens (including phenoxy) is 1. The second kappa shape index (κ2) is 6.44. The van der Waals surface area contributed by atoms with E-state index in [-0.39, 0.29) is 11.9 Å². The lowest BCUT2D eigenvalue weighted by molar-refractivity contribution is 0.102. The van der Waals surface area contributed by atoms with Gasteiger partial charge in [0.25, 0.3) is 5.91 Å². The van der Waals surface area contributed by atoms with Gasteiger partial charge in [-0.1, -0.05) is 12.1 Å². The summed E-state index contributed by atoms with van der Waals surface area (Å²) < 4.78 is 7.24. The summed E-state index contributed by atoms with van der Waals surface area (Å²) in [6, 6.07) is 7.61. The molecule has 2 aromatic heterocycles. The summed E-state index contributed by atoms with van der Waals surface area (Å²) in [5, 5.41) is 8.29. The van der Waals surface area contributed by atoms with Crippen LogP contribution in [0.1, 0.15) is 47.9 Å². The Morgan fingerprint density at radius 3 is 2.85 bits per heavy atom. The van der Waals surface area contributed by atoms with Crippen molar-refractivity contribution in [3.63, 3.8) is 0 Å². The molecule has 134 valence electrons. The molecule has 1 aromatic carbocycles. The topological polar surface area (TPSA) is 69.0 Å². The van der Waals surface area contributed by atoms with Gasteiger partial charge >= 0.3 is 0 Å². The van der Waals surface area contributed by atoms with Crippen LogP contribution in [0.3, 0.4) is 0 Å². The van der Waals surface area contributed by atoms with Gasteiger partial charge in [0.15, 0.2) is 5.65 Å². The molecular weight excluding hydrogens is 328 g/mol. The van der Waals surface area contributed by atoms with Crippen LogP contribution in [-0.4, -0.2) is 27.8 Å². The lowest BCUT2D eigenvalue weighted by Crippen LogP contribution is -2.16. The highest BCUT2D eigenvalue weighted by Gasteiger charge is 2.26. The fourth-order valence-electron chi connectivity index (χ4n) is 3.62. The molecule has 1 aliphatic carbocycles. The van der Waals surface area contributed by atoms with Crippen LogP contribution in [-0.2, 0) is 12.8 Å². The molecule has 0 unspecified atom stereocenters. The Bertz CT molecular complexity index is 991. The first kappa shape index (κ1) is 16.6. The number of benzene rings is 1. The third-order valence-corrected chi connectivity index (χ3v) is 4.84. The summed E-state index contributed by atoms with van der Waals surface area (Å²) in [7, 11) is 1.60. The molecule has 6 heteroatoms. The van der Waals surface area contributed by atoms with E-state index in [4.69, 9.17) is 9.72 Å². The summed E-state index contributed by atoms with van der Waals surface area (Å²) in [6.45, 7) is 4.13. The Balaban J connectivity index is 1.84. The monoisotopic (exact) mass is 350 g/mol. The number of aromatic nitrogens is 3. The van der Waals surface area contributed by atoms with E-state index in [2.05, 4.69) is 24.3 Å².